The lowest BCUT2D eigenvalue weighted by Gasteiger charge is -2.15. The van der Waals surface area contributed by atoms with E-state index in [4.69, 9.17) is 4.74 Å². The molecule has 0 radical (unpaired) electrons. The Morgan fingerprint density at radius 3 is 2.52 bits per heavy atom. The Labute approximate surface area is 148 Å². The Morgan fingerprint density at radius 2 is 1.80 bits per heavy atom. The number of carbonyl (C=O) groups is 1. The second-order valence-electron chi connectivity index (χ2n) is 6.07. The minimum atomic E-state index is -0.123. The van der Waals surface area contributed by atoms with Crippen LogP contribution in [0.3, 0.4) is 0 Å². The summed E-state index contributed by atoms with van der Waals surface area (Å²) in [4.78, 5) is 12.8. The first kappa shape index (κ1) is 17.0. The number of ether oxygens (including phenoxy) is 1. The summed E-state index contributed by atoms with van der Waals surface area (Å²) in [5.74, 6) is 0.658. The van der Waals surface area contributed by atoms with E-state index in [0.717, 1.165) is 23.4 Å². The van der Waals surface area contributed by atoms with Gasteiger partial charge in [0.1, 0.15) is 5.75 Å². The number of rotatable bonds is 5. The summed E-state index contributed by atoms with van der Waals surface area (Å²) in [6.45, 7) is 5.97. The molecule has 3 rings (SSSR count). The molecule has 1 amide bonds. The number of carbonyl (C=O) groups excluding carboxylic acids is 1. The van der Waals surface area contributed by atoms with E-state index in [1.165, 1.54) is 5.01 Å². The Morgan fingerprint density at radius 1 is 1.12 bits per heavy atom. The zero-order valence-corrected chi connectivity index (χ0v) is 14.8. The lowest BCUT2D eigenvalue weighted by molar-refractivity contribution is -0.114. The number of benzene rings is 2. The van der Waals surface area contributed by atoms with Gasteiger partial charge in [0, 0.05) is 5.56 Å². The minimum Gasteiger partial charge on any atom is -0.490 e. The van der Waals surface area contributed by atoms with Crippen molar-refractivity contribution in [2.75, 3.05) is 5.01 Å². The third kappa shape index (κ3) is 3.63. The molecule has 25 heavy (non-hydrogen) atoms. The van der Waals surface area contributed by atoms with Gasteiger partial charge in [0.25, 0.3) is 5.91 Å². The highest BCUT2D eigenvalue weighted by atomic mass is 16.5. The van der Waals surface area contributed by atoms with Crippen LogP contribution in [0.5, 0.6) is 5.75 Å². The van der Waals surface area contributed by atoms with Crippen LogP contribution in [0.4, 0.5) is 5.69 Å². The Kier molecular flexibility index (Phi) is 4.98. The number of amides is 1. The fourth-order valence-corrected chi connectivity index (χ4v) is 2.59. The standard InChI is InChI=1S/C21H22N2O2/c1-4-15(2)25-20-13-9-8-10-17(20)14-19-16(3)22-23(21(19)24)18-11-6-5-7-12-18/h5-15H,4H2,1-3H3/b19-14+/t15-/m0/s1. The molecule has 2 aromatic rings. The van der Waals surface area contributed by atoms with Crippen molar-refractivity contribution in [1.82, 2.24) is 0 Å². The van der Waals surface area contributed by atoms with E-state index in [1.54, 1.807) is 0 Å². The summed E-state index contributed by atoms with van der Waals surface area (Å²) in [6, 6.07) is 17.2. The van der Waals surface area contributed by atoms with Crippen molar-refractivity contribution in [2.45, 2.75) is 33.3 Å². The molecule has 1 aliphatic heterocycles. The van der Waals surface area contributed by atoms with Gasteiger partial charge in [0.2, 0.25) is 0 Å². The van der Waals surface area contributed by atoms with Crippen LogP contribution in [0.1, 0.15) is 32.8 Å². The van der Waals surface area contributed by atoms with Crippen LogP contribution in [-0.2, 0) is 4.79 Å². The molecule has 0 saturated carbocycles. The fourth-order valence-electron chi connectivity index (χ4n) is 2.59. The average Bonchev–Trinajstić information content (AvgIpc) is 2.92. The monoisotopic (exact) mass is 334 g/mol. The van der Waals surface area contributed by atoms with E-state index in [2.05, 4.69) is 12.0 Å². The lowest BCUT2D eigenvalue weighted by atomic mass is 10.1. The van der Waals surface area contributed by atoms with Crippen LogP contribution >= 0.6 is 0 Å². The molecule has 4 heteroatoms. The topological polar surface area (TPSA) is 41.9 Å². The first-order chi connectivity index (χ1) is 12.1. The van der Waals surface area contributed by atoms with E-state index in [1.807, 2.05) is 74.5 Å². The molecule has 128 valence electrons. The van der Waals surface area contributed by atoms with Gasteiger partial charge >= 0.3 is 0 Å². The SMILES string of the molecule is CC[C@H](C)Oc1ccccc1/C=C1/C(=O)N(c2ccccc2)N=C1C. The van der Waals surface area contributed by atoms with Crippen molar-refractivity contribution in [3.8, 4) is 5.75 Å². The number of hydrazone groups is 1. The van der Waals surface area contributed by atoms with E-state index < -0.39 is 0 Å². The van der Waals surface area contributed by atoms with Crippen LogP contribution in [0.15, 0.2) is 65.3 Å². The maximum Gasteiger partial charge on any atom is 0.280 e. The third-order valence-electron chi connectivity index (χ3n) is 4.19. The molecule has 4 nitrogen and oxygen atoms in total. The van der Waals surface area contributed by atoms with E-state index in [-0.39, 0.29) is 12.0 Å². The van der Waals surface area contributed by atoms with Gasteiger partial charge in [0.05, 0.1) is 23.1 Å². The van der Waals surface area contributed by atoms with E-state index in [0.29, 0.717) is 11.3 Å². The zero-order valence-electron chi connectivity index (χ0n) is 14.8. The van der Waals surface area contributed by atoms with Gasteiger partial charge in [-0.15, -0.1) is 0 Å². The molecule has 1 atom stereocenters. The van der Waals surface area contributed by atoms with Crippen molar-refractivity contribution in [3.05, 3.63) is 65.7 Å². The first-order valence-corrected chi connectivity index (χ1v) is 8.52. The highest BCUT2D eigenvalue weighted by Gasteiger charge is 2.28. The van der Waals surface area contributed by atoms with Gasteiger partial charge in [-0.05, 0) is 44.5 Å². The summed E-state index contributed by atoms with van der Waals surface area (Å²) in [5, 5.41) is 5.86. The smallest absolute Gasteiger partial charge is 0.280 e. The highest BCUT2D eigenvalue weighted by Crippen LogP contribution is 2.28. The molecule has 0 N–H and O–H groups in total. The Hall–Kier alpha value is -2.88. The van der Waals surface area contributed by atoms with Crippen LogP contribution in [0.25, 0.3) is 6.08 Å². The predicted octanol–water partition coefficient (Wildman–Crippen LogP) is 4.67. The number of para-hydroxylation sites is 2. The molecular weight excluding hydrogens is 312 g/mol. The molecule has 1 heterocycles. The maximum atomic E-state index is 12.8. The van der Waals surface area contributed by atoms with Crippen molar-refractivity contribution in [3.63, 3.8) is 0 Å². The average molecular weight is 334 g/mol. The van der Waals surface area contributed by atoms with Gasteiger partial charge in [0.15, 0.2) is 0 Å². The Bertz CT molecular complexity index is 825. The molecule has 2 aromatic carbocycles. The maximum absolute atomic E-state index is 12.8. The summed E-state index contributed by atoms with van der Waals surface area (Å²) in [5.41, 5.74) is 2.94. The van der Waals surface area contributed by atoms with Gasteiger partial charge in [-0.3, -0.25) is 4.79 Å². The van der Waals surface area contributed by atoms with Crippen LogP contribution in [0, 0.1) is 0 Å². The van der Waals surface area contributed by atoms with Crippen LogP contribution in [-0.4, -0.2) is 17.7 Å². The molecule has 0 spiro atoms. The third-order valence-corrected chi connectivity index (χ3v) is 4.19. The molecule has 0 bridgehead atoms. The summed E-state index contributed by atoms with van der Waals surface area (Å²) >= 11 is 0. The zero-order chi connectivity index (χ0) is 17.8. The molecule has 1 aliphatic rings. The minimum absolute atomic E-state index is 0.120. The van der Waals surface area contributed by atoms with Crippen molar-refractivity contribution >= 4 is 23.4 Å². The number of nitrogens with zero attached hydrogens (tertiary/aromatic N) is 2. The second kappa shape index (κ2) is 7.34. The lowest BCUT2D eigenvalue weighted by Crippen LogP contribution is -2.21. The summed E-state index contributed by atoms with van der Waals surface area (Å²) in [6.07, 6.45) is 2.91. The van der Waals surface area contributed by atoms with Gasteiger partial charge in [-0.2, -0.15) is 10.1 Å². The van der Waals surface area contributed by atoms with Crippen LogP contribution in [0.2, 0.25) is 0 Å². The Balaban J connectivity index is 1.93. The normalized spacial score (nSPS) is 16.9. The largest absolute Gasteiger partial charge is 0.490 e. The summed E-state index contributed by atoms with van der Waals surface area (Å²) < 4.78 is 5.98. The quantitative estimate of drug-likeness (QED) is 0.746. The van der Waals surface area contributed by atoms with Crippen molar-refractivity contribution in [2.24, 2.45) is 5.10 Å². The van der Waals surface area contributed by atoms with E-state index >= 15 is 0 Å². The molecule has 0 aliphatic carbocycles. The molecule has 0 saturated heterocycles. The van der Waals surface area contributed by atoms with Gasteiger partial charge in [-0.1, -0.05) is 43.3 Å². The molecular formula is C21H22N2O2. The number of hydrogen-bond acceptors (Lipinski definition) is 3. The van der Waals surface area contributed by atoms with Crippen molar-refractivity contribution in [1.29, 1.82) is 0 Å². The van der Waals surface area contributed by atoms with Gasteiger partial charge < -0.3 is 4.74 Å². The second-order valence-corrected chi connectivity index (χ2v) is 6.07. The molecule has 0 unspecified atom stereocenters. The number of anilines is 1. The van der Waals surface area contributed by atoms with Crippen LogP contribution < -0.4 is 9.75 Å². The number of hydrogen-bond donors (Lipinski definition) is 0. The first-order valence-electron chi connectivity index (χ1n) is 8.52. The highest BCUT2D eigenvalue weighted by molar-refractivity contribution is 6.32. The fraction of sp³-hybridized carbons (Fsp3) is 0.238. The van der Waals surface area contributed by atoms with Crippen molar-refractivity contribution < 1.29 is 9.53 Å². The molecule has 0 fully saturated rings. The molecule has 0 aromatic heterocycles. The predicted molar refractivity (Wildman–Crippen MR) is 102 cm³/mol. The van der Waals surface area contributed by atoms with Gasteiger partial charge in [-0.25, -0.2) is 0 Å². The van der Waals surface area contributed by atoms with E-state index in [9.17, 15) is 4.79 Å². The summed E-state index contributed by atoms with van der Waals surface area (Å²) in [7, 11) is 0.